The number of aryl methyl sites for hydroxylation is 2. The van der Waals surface area contributed by atoms with Crippen LogP contribution in [-0.2, 0) is 9.59 Å². The second-order valence-electron chi connectivity index (χ2n) is 7.65. The molecule has 0 saturated carbocycles. The summed E-state index contributed by atoms with van der Waals surface area (Å²) in [6, 6.07) is 11.5. The first-order chi connectivity index (χ1) is 13.5. The third-order valence-corrected chi connectivity index (χ3v) is 5.66. The lowest BCUT2D eigenvalue weighted by Crippen LogP contribution is -2.37. The molecule has 6 heteroatoms. The first-order valence-electron chi connectivity index (χ1n) is 9.75. The highest BCUT2D eigenvalue weighted by Gasteiger charge is 2.39. The van der Waals surface area contributed by atoms with Gasteiger partial charge in [-0.15, -0.1) is 0 Å². The van der Waals surface area contributed by atoms with Gasteiger partial charge in [-0.2, -0.15) is 0 Å². The number of rotatable bonds is 4. The van der Waals surface area contributed by atoms with Gasteiger partial charge in [-0.3, -0.25) is 9.59 Å². The van der Waals surface area contributed by atoms with E-state index in [1.807, 2.05) is 55.1 Å². The van der Waals surface area contributed by atoms with Gasteiger partial charge in [0.05, 0.1) is 12.5 Å². The molecule has 1 aromatic heterocycles. The van der Waals surface area contributed by atoms with Gasteiger partial charge < -0.3 is 14.5 Å². The maximum Gasteiger partial charge on any atom is 0.228 e. The molecule has 28 heavy (non-hydrogen) atoms. The second kappa shape index (κ2) is 7.62. The van der Waals surface area contributed by atoms with Crippen molar-refractivity contribution < 1.29 is 14.3 Å². The molecular formula is C22H25N3O3. The number of carbonyl (C=O) groups is 2. The van der Waals surface area contributed by atoms with Gasteiger partial charge in [-0.05, 0) is 43.2 Å². The molecule has 0 spiro atoms. The van der Waals surface area contributed by atoms with Crippen molar-refractivity contribution in [2.45, 2.75) is 32.8 Å². The summed E-state index contributed by atoms with van der Waals surface area (Å²) in [7, 11) is 0. The van der Waals surface area contributed by atoms with Crippen molar-refractivity contribution in [1.82, 2.24) is 9.88 Å². The lowest BCUT2D eigenvalue weighted by Gasteiger charge is -2.21. The van der Waals surface area contributed by atoms with E-state index in [1.54, 1.807) is 11.1 Å². The van der Waals surface area contributed by atoms with Gasteiger partial charge in [0.1, 0.15) is 6.10 Å². The SMILES string of the molecule is Cc1ccc(N2CC(C(=O)N3CCC(Oc4ccccn4)C3)CC2=O)cc1C. The monoisotopic (exact) mass is 379 g/mol. The van der Waals surface area contributed by atoms with Crippen LogP contribution in [0.1, 0.15) is 24.0 Å². The topological polar surface area (TPSA) is 62.7 Å². The highest BCUT2D eigenvalue weighted by molar-refractivity contribution is 6.00. The highest BCUT2D eigenvalue weighted by atomic mass is 16.5. The molecule has 6 nitrogen and oxygen atoms in total. The first kappa shape index (κ1) is 18.5. The predicted molar refractivity (Wildman–Crippen MR) is 106 cm³/mol. The highest BCUT2D eigenvalue weighted by Crippen LogP contribution is 2.29. The molecule has 2 aliphatic heterocycles. The van der Waals surface area contributed by atoms with E-state index in [2.05, 4.69) is 4.98 Å². The maximum absolute atomic E-state index is 13.0. The van der Waals surface area contributed by atoms with E-state index < -0.39 is 0 Å². The van der Waals surface area contributed by atoms with Crippen LogP contribution in [0.25, 0.3) is 0 Å². The Hall–Kier alpha value is -2.89. The van der Waals surface area contributed by atoms with E-state index >= 15 is 0 Å². The van der Waals surface area contributed by atoms with Crippen LogP contribution in [0.4, 0.5) is 5.69 Å². The zero-order valence-corrected chi connectivity index (χ0v) is 16.3. The lowest BCUT2D eigenvalue weighted by molar-refractivity contribution is -0.135. The summed E-state index contributed by atoms with van der Waals surface area (Å²) in [6.07, 6.45) is 2.70. The summed E-state index contributed by atoms with van der Waals surface area (Å²) in [5, 5.41) is 0. The van der Waals surface area contributed by atoms with Gasteiger partial charge in [0.2, 0.25) is 17.7 Å². The Balaban J connectivity index is 1.38. The molecule has 0 aliphatic carbocycles. The Morgan fingerprint density at radius 3 is 2.75 bits per heavy atom. The summed E-state index contributed by atoms with van der Waals surface area (Å²) in [6.45, 7) is 5.74. The van der Waals surface area contributed by atoms with Gasteiger partial charge in [-0.25, -0.2) is 4.98 Å². The minimum atomic E-state index is -0.289. The van der Waals surface area contributed by atoms with Gasteiger partial charge in [0.25, 0.3) is 0 Å². The first-order valence-corrected chi connectivity index (χ1v) is 9.75. The molecule has 1 aromatic carbocycles. The molecule has 2 atom stereocenters. The number of benzene rings is 1. The summed E-state index contributed by atoms with van der Waals surface area (Å²) in [4.78, 5) is 33.2. The molecule has 2 fully saturated rings. The average molecular weight is 379 g/mol. The number of ether oxygens (including phenoxy) is 1. The normalized spacial score (nSPS) is 22.0. The van der Waals surface area contributed by atoms with Crippen LogP contribution in [0.15, 0.2) is 42.6 Å². The van der Waals surface area contributed by atoms with Crippen LogP contribution < -0.4 is 9.64 Å². The van der Waals surface area contributed by atoms with Crippen LogP contribution in [0.5, 0.6) is 5.88 Å². The number of pyridine rings is 1. The molecule has 0 N–H and O–H groups in total. The largest absolute Gasteiger partial charge is 0.472 e. The smallest absolute Gasteiger partial charge is 0.228 e. The molecule has 146 valence electrons. The van der Waals surface area contributed by atoms with Crippen molar-refractivity contribution in [3.8, 4) is 5.88 Å². The summed E-state index contributed by atoms with van der Waals surface area (Å²) >= 11 is 0. The Morgan fingerprint density at radius 2 is 2.00 bits per heavy atom. The van der Waals surface area contributed by atoms with Crippen molar-refractivity contribution in [3.05, 3.63) is 53.7 Å². The standard InChI is InChI=1S/C22H25N3O3/c1-15-6-7-18(11-16(15)2)25-13-17(12-21(25)26)22(27)24-10-8-19(14-24)28-20-5-3-4-9-23-20/h3-7,9,11,17,19H,8,10,12-14H2,1-2H3. The molecule has 0 radical (unpaired) electrons. The Morgan fingerprint density at radius 1 is 1.14 bits per heavy atom. The quantitative estimate of drug-likeness (QED) is 0.819. The van der Waals surface area contributed by atoms with Gasteiger partial charge in [-0.1, -0.05) is 12.1 Å². The zero-order valence-electron chi connectivity index (χ0n) is 16.3. The number of aromatic nitrogens is 1. The number of hydrogen-bond donors (Lipinski definition) is 0. The summed E-state index contributed by atoms with van der Waals surface area (Å²) in [5.74, 6) is 0.357. The van der Waals surface area contributed by atoms with E-state index in [-0.39, 0.29) is 30.3 Å². The summed E-state index contributed by atoms with van der Waals surface area (Å²) in [5.41, 5.74) is 3.22. The molecule has 2 aliphatic rings. The van der Waals surface area contributed by atoms with Crippen LogP contribution >= 0.6 is 0 Å². The molecular weight excluding hydrogens is 354 g/mol. The second-order valence-corrected chi connectivity index (χ2v) is 7.65. The average Bonchev–Trinajstić information content (AvgIpc) is 3.31. The van der Waals surface area contributed by atoms with Crippen molar-refractivity contribution >= 4 is 17.5 Å². The Labute approximate surface area is 165 Å². The van der Waals surface area contributed by atoms with E-state index in [4.69, 9.17) is 4.74 Å². The number of amides is 2. The molecule has 2 aromatic rings. The molecule has 3 heterocycles. The van der Waals surface area contributed by atoms with Crippen LogP contribution in [0, 0.1) is 19.8 Å². The molecule has 2 saturated heterocycles. The van der Waals surface area contributed by atoms with Crippen LogP contribution in [-0.4, -0.2) is 47.4 Å². The third kappa shape index (κ3) is 3.72. The van der Waals surface area contributed by atoms with E-state index in [1.165, 1.54) is 5.56 Å². The van der Waals surface area contributed by atoms with Gasteiger partial charge >= 0.3 is 0 Å². The molecule has 0 bridgehead atoms. The summed E-state index contributed by atoms with van der Waals surface area (Å²) < 4.78 is 5.87. The van der Waals surface area contributed by atoms with Crippen LogP contribution in [0.3, 0.4) is 0 Å². The number of hydrogen-bond acceptors (Lipinski definition) is 4. The third-order valence-electron chi connectivity index (χ3n) is 5.66. The molecule has 4 rings (SSSR count). The number of nitrogens with zero attached hydrogens (tertiary/aromatic N) is 3. The fourth-order valence-corrected chi connectivity index (χ4v) is 3.89. The van der Waals surface area contributed by atoms with Crippen molar-refractivity contribution in [1.29, 1.82) is 0 Å². The van der Waals surface area contributed by atoms with E-state index in [9.17, 15) is 9.59 Å². The van der Waals surface area contributed by atoms with Gasteiger partial charge in [0, 0.05) is 43.9 Å². The Kier molecular flexibility index (Phi) is 5.03. The lowest BCUT2D eigenvalue weighted by atomic mass is 10.1. The number of carbonyl (C=O) groups excluding carboxylic acids is 2. The Bertz CT molecular complexity index is 884. The predicted octanol–water partition coefficient (Wildman–Crippen LogP) is 2.73. The minimum absolute atomic E-state index is 0.0158. The zero-order chi connectivity index (χ0) is 19.7. The van der Waals surface area contributed by atoms with Crippen molar-refractivity contribution in [2.75, 3.05) is 24.5 Å². The van der Waals surface area contributed by atoms with Crippen molar-refractivity contribution in [3.63, 3.8) is 0 Å². The van der Waals surface area contributed by atoms with Crippen molar-refractivity contribution in [2.24, 2.45) is 5.92 Å². The van der Waals surface area contributed by atoms with Gasteiger partial charge in [0.15, 0.2) is 0 Å². The molecule has 2 unspecified atom stereocenters. The molecule has 2 amide bonds. The number of anilines is 1. The van der Waals surface area contributed by atoms with E-state index in [0.29, 0.717) is 25.5 Å². The minimum Gasteiger partial charge on any atom is -0.472 e. The fourth-order valence-electron chi connectivity index (χ4n) is 3.89. The number of likely N-dealkylation sites (tertiary alicyclic amines) is 1. The van der Waals surface area contributed by atoms with E-state index in [0.717, 1.165) is 17.7 Å². The maximum atomic E-state index is 13.0. The fraction of sp³-hybridized carbons (Fsp3) is 0.409. The van der Waals surface area contributed by atoms with Crippen LogP contribution in [0.2, 0.25) is 0 Å².